The number of fused-ring (bicyclic) bond motifs is 1. The second kappa shape index (κ2) is 6.77. The lowest BCUT2D eigenvalue weighted by molar-refractivity contribution is 0.647. The maximum atomic E-state index is 3.45. The van der Waals surface area contributed by atoms with Gasteiger partial charge >= 0.3 is 0 Å². The van der Waals surface area contributed by atoms with Crippen LogP contribution in [0.2, 0.25) is 0 Å². The summed E-state index contributed by atoms with van der Waals surface area (Å²) in [5.74, 6) is 0. The topological polar surface area (TPSA) is 24.1 Å². The van der Waals surface area contributed by atoms with Crippen molar-refractivity contribution < 1.29 is 0 Å². The molecule has 0 saturated carbocycles. The summed E-state index contributed by atoms with van der Waals surface area (Å²) >= 11 is 0. The Bertz CT molecular complexity index is 347. The molecule has 2 nitrogen and oxygen atoms in total. The molecule has 1 aromatic carbocycles. The first-order chi connectivity index (χ1) is 8.40. The molecule has 1 aliphatic carbocycles. The molecule has 17 heavy (non-hydrogen) atoms. The fourth-order valence-electron chi connectivity index (χ4n) is 2.51. The second-order valence-electron chi connectivity index (χ2n) is 4.91. The predicted octanol–water partition coefficient (Wildman–Crippen LogP) is 1.92. The van der Waals surface area contributed by atoms with Crippen LogP contribution in [0.25, 0.3) is 0 Å². The quantitative estimate of drug-likeness (QED) is 0.732. The molecule has 0 atom stereocenters. The van der Waals surface area contributed by atoms with E-state index in [0.717, 1.165) is 26.1 Å². The summed E-state index contributed by atoms with van der Waals surface area (Å²) in [5, 5.41) is 6.60. The maximum Gasteiger partial charge on any atom is 0.00767 e. The molecule has 0 aromatic heterocycles. The van der Waals surface area contributed by atoms with Crippen molar-refractivity contribution >= 4 is 0 Å². The zero-order chi connectivity index (χ0) is 11.9. The molecule has 94 valence electrons. The predicted molar refractivity (Wildman–Crippen MR) is 73.6 cm³/mol. The molecule has 0 heterocycles. The summed E-state index contributed by atoms with van der Waals surface area (Å²) in [6.07, 6.45) is 6.47. The van der Waals surface area contributed by atoms with Gasteiger partial charge in [0.15, 0.2) is 0 Å². The van der Waals surface area contributed by atoms with Crippen LogP contribution in [0.1, 0.15) is 29.5 Å². The van der Waals surface area contributed by atoms with Gasteiger partial charge in [0.2, 0.25) is 0 Å². The molecular weight excluding hydrogens is 208 g/mol. The van der Waals surface area contributed by atoms with Crippen LogP contribution in [-0.4, -0.2) is 26.7 Å². The smallest absolute Gasteiger partial charge is 0.00767 e. The molecule has 0 amide bonds. The Morgan fingerprint density at radius 2 is 1.82 bits per heavy atom. The van der Waals surface area contributed by atoms with Crippen LogP contribution < -0.4 is 10.6 Å². The summed E-state index contributed by atoms with van der Waals surface area (Å²) in [4.78, 5) is 0. The lowest BCUT2D eigenvalue weighted by atomic mass is 9.90. The third-order valence-electron chi connectivity index (χ3n) is 3.56. The van der Waals surface area contributed by atoms with Crippen LogP contribution in [0, 0.1) is 0 Å². The molecule has 0 aliphatic heterocycles. The maximum absolute atomic E-state index is 3.45. The first kappa shape index (κ1) is 12.6. The van der Waals surface area contributed by atoms with Gasteiger partial charge in [0.1, 0.15) is 0 Å². The van der Waals surface area contributed by atoms with Gasteiger partial charge in [-0.05, 0) is 62.4 Å². The van der Waals surface area contributed by atoms with Crippen LogP contribution in [0.4, 0.5) is 0 Å². The molecule has 0 bridgehead atoms. The van der Waals surface area contributed by atoms with Gasteiger partial charge in [-0.25, -0.2) is 0 Å². The third-order valence-corrected chi connectivity index (χ3v) is 3.56. The molecule has 2 N–H and O–H groups in total. The average Bonchev–Trinajstić information content (AvgIpc) is 2.38. The minimum absolute atomic E-state index is 1.05. The van der Waals surface area contributed by atoms with Gasteiger partial charge in [0.25, 0.3) is 0 Å². The Morgan fingerprint density at radius 3 is 2.65 bits per heavy atom. The van der Waals surface area contributed by atoms with E-state index in [1.165, 1.54) is 31.2 Å². The van der Waals surface area contributed by atoms with E-state index in [0.29, 0.717) is 0 Å². The highest BCUT2D eigenvalue weighted by Crippen LogP contribution is 2.22. The highest BCUT2D eigenvalue weighted by molar-refractivity contribution is 5.33. The van der Waals surface area contributed by atoms with Crippen LogP contribution in [0.5, 0.6) is 0 Å². The van der Waals surface area contributed by atoms with Gasteiger partial charge < -0.3 is 10.6 Å². The van der Waals surface area contributed by atoms with Gasteiger partial charge in [-0.3, -0.25) is 0 Å². The molecule has 0 fully saturated rings. The lowest BCUT2D eigenvalue weighted by Gasteiger charge is -2.16. The molecular formula is C15H24N2. The first-order valence-electron chi connectivity index (χ1n) is 6.86. The Hall–Kier alpha value is -0.860. The Morgan fingerprint density at radius 1 is 1.00 bits per heavy atom. The number of benzene rings is 1. The van der Waals surface area contributed by atoms with E-state index in [2.05, 4.69) is 28.8 Å². The van der Waals surface area contributed by atoms with Crippen LogP contribution >= 0.6 is 0 Å². The largest absolute Gasteiger partial charge is 0.318 e. The van der Waals surface area contributed by atoms with E-state index >= 15 is 0 Å². The Balaban J connectivity index is 1.81. The third kappa shape index (κ3) is 3.83. The molecule has 1 aliphatic rings. The standard InChI is InChI=1S/C15H24N2/c1-16-10-11-17-9-8-13-6-7-14-4-2-3-5-15(14)12-13/h6-7,12,16-17H,2-5,8-11H2,1H3. The molecule has 0 spiro atoms. The van der Waals surface area contributed by atoms with Gasteiger partial charge in [0.05, 0.1) is 0 Å². The van der Waals surface area contributed by atoms with E-state index in [1.807, 2.05) is 7.05 Å². The number of likely N-dealkylation sites (N-methyl/N-ethyl adjacent to an activating group) is 1. The summed E-state index contributed by atoms with van der Waals surface area (Å²) in [6, 6.07) is 7.08. The van der Waals surface area contributed by atoms with Gasteiger partial charge in [0, 0.05) is 13.1 Å². The zero-order valence-electron chi connectivity index (χ0n) is 10.9. The number of rotatable bonds is 6. The van der Waals surface area contributed by atoms with Crippen molar-refractivity contribution in [2.24, 2.45) is 0 Å². The number of aryl methyl sites for hydroxylation is 2. The lowest BCUT2D eigenvalue weighted by Crippen LogP contribution is -2.26. The Kier molecular flexibility index (Phi) is 5.02. The molecule has 2 rings (SSSR count). The van der Waals surface area contributed by atoms with E-state index in [9.17, 15) is 0 Å². The van der Waals surface area contributed by atoms with E-state index in [-0.39, 0.29) is 0 Å². The van der Waals surface area contributed by atoms with Crippen LogP contribution in [-0.2, 0) is 19.3 Å². The summed E-state index contributed by atoms with van der Waals surface area (Å²) in [6.45, 7) is 3.19. The highest BCUT2D eigenvalue weighted by atomic mass is 14.9. The molecule has 0 unspecified atom stereocenters. The molecule has 0 radical (unpaired) electrons. The van der Waals surface area contributed by atoms with E-state index in [4.69, 9.17) is 0 Å². The monoisotopic (exact) mass is 232 g/mol. The fraction of sp³-hybridized carbons (Fsp3) is 0.600. The number of hydrogen-bond acceptors (Lipinski definition) is 2. The summed E-state index contributed by atoms with van der Waals surface area (Å²) in [5.41, 5.74) is 4.68. The van der Waals surface area contributed by atoms with E-state index in [1.54, 1.807) is 11.1 Å². The minimum Gasteiger partial charge on any atom is -0.318 e. The van der Waals surface area contributed by atoms with Crippen molar-refractivity contribution in [2.45, 2.75) is 32.1 Å². The van der Waals surface area contributed by atoms with Crippen molar-refractivity contribution in [2.75, 3.05) is 26.7 Å². The number of hydrogen-bond donors (Lipinski definition) is 2. The van der Waals surface area contributed by atoms with Crippen molar-refractivity contribution in [3.05, 3.63) is 34.9 Å². The van der Waals surface area contributed by atoms with Crippen molar-refractivity contribution in [3.8, 4) is 0 Å². The Labute approximate surface area is 105 Å². The summed E-state index contributed by atoms with van der Waals surface area (Å²) < 4.78 is 0. The fourth-order valence-corrected chi connectivity index (χ4v) is 2.51. The molecule has 2 heteroatoms. The van der Waals surface area contributed by atoms with Crippen molar-refractivity contribution in [3.63, 3.8) is 0 Å². The average molecular weight is 232 g/mol. The van der Waals surface area contributed by atoms with Gasteiger partial charge in [-0.2, -0.15) is 0 Å². The normalized spacial score (nSPS) is 14.6. The minimum atomic E-state index is 1.05. The zero-order valence-corrected chi connectivity index (χ0v) is 10.9. The van der Waals surface area contributed by atoms with E-state index < -0.39 is 0 Å². The first-order valence-corrected chi connectivity index (χ1v) is 6.86. The highest BCUT2D eigenvalue weighted by Gasteiger charge is 2.08. The van der Waals surface area contributed by atoms with Crippen LogP contribution in [0.3, 0.4) is 0 Å². The van der Waals surface area contributed by atoms with Gasteiger partial charge in [-0.1, -0.05) is 18.2 Å². The van der Waals surface area contributed by atoms with Gasteiger partial charge in [-0.15, -0.1) is 0 Å². The SMILES string of the molecule is CNCCNCCc1ccc2c(c1)CCCC2. The number of nitrogens with one attached hydrogen (secondary N) is 2. The summed E-state index contributed by atoms with van der Waals surface area (Å²) in [7, 11) is 1.99. The van der Waals surface area contributed by atoms with Crippen molar-refractivity contribution in [1.29, 1.82) is 0 Å². The molecule has 0 saturated heterocycles. The second-order valence-corrected chi connectivity index (χ2v) is 4.91. The van der Waals surface area contributed by atoms with Crippen LogP contribution in [0.15, 0.2) is 18.2 Å². The van der Waals surface area contributed by atoms with Crippen molar-refractivity contribution in [1.82, 2.24) is 10.6 Å². The molecule has 1 aromatic rings.